The van der Waals surface area contributed by atoms with Crippen molar-refractivity contribution in [3.05, 3.63) is 47.8 Å². The molecule has 3 rings (SSSR count). The molecule has 0 amide bonds. The van der Waals surface area contributed by atoms with Gasteiger partial charge < -0.3 is 9.63 Å². The summed E-state index contributed by atoms with van der Waals surface area (Å²) in [7, 11) is 0. The maximum atomic E-state index is 11.4. The van der Waals surface area contributed by atoms with Gasteiger partial charge in [-0.1, -0.05) is 43.3 Å². The molecule has 0 bridgehead atoms. The number of fused-ring (bicyclic) bond motifs is 1. The smallest absolute Gasteiger partial charge is 0.336 e. The van der Waals surface area contributed by atoms with Gasteiger partial charge in [0.1, 0.15) is 0 Å². The Morgan fingerprint density at radius 2 is 1.90 bits per heavy atom. The number of rotatable bonds is 3. The molecule has 0 aliphatic heterocycles. The Balaban J connectivity index is 2.29. The van der Waals surface area contributed by atoms with E-state index >= 15 is 0 Å². The van der Waals surface area contributed by atoms with E-state index in [1.165, 1.54) is 0 Å². The zero-order valence-electron chi connectivity index (χ0n) is 11.7. The highest BCUT2D eigenvalue weighted by atomic mass is 16.5. The third-order valence-electron chi connectivity index (χ3n) is 3.32. The molecule has 1 heterocycles. The van der Waals surface area contributed by atoms with Crippen LogP contribution in [0, 0.1) is 0 Å². The third kappa shape index (κ3) is 2.27. The van der Waals surface area contributed by atoms with Crippen LogP contribution in [-0.2, 0) is 0 Å². The van der Waals surface area contributed by atoms with Gasteiger partial charge in [-0.2, -0.15) is 4.98 Å². The standard InChI is InChI=1S/C16H14N2O3/c1-9(2)14-17-15(21-18-14)11-7-3-5-10-6-4-8-12(13(10)11)16(19)20/h3-9H,1-2H3,(H,19,20). The van der Waals surface area contributed by atoms with E-state index in [0.717, 1.165) is 5.39 Å². The second-order valence-corrected chi connectivity index (χ2v) is 5.13. The number of benzene rings is 2. The first-order valence-electron chi connectivity index (χ1n) is 6.67. The highest BCUT2D eigenvalue weighted by Gasteiger charge is 2.17. The van der Waals surface area contributed by atoms with Gasteiger partial charge in [-0.25, -0.2) is 4.79 Å². The third-order valence-corrected chi connectivity index (χ3v) is 3.32. The average Bonchev–Trinajstić information content (AvgIpc) is 2.95. The monoisotopic (exact) mass is 282 g/mol. The Morgan fingerprint density at radius 1 is 1.19 bits per heavy atom. The van der Waals surface area contributed by atoms with E-state index in [0.29, 0.717) is 22.7 Å². The molecule has 0 radical (unpaired) electrons. The van der Waals surface area contributed by atoms with Crippen molar-refractivity contribution >= 4 is 16.7 Å². The summed E-state index contributed by atoms with van der Waals surface area (Å²) in [6.07, 6.45) is 0. The van der Waals surface area contributed by atoms with E-state index in [2.05, 4.69) is 10.1 Å². The topological polar surface area (TPSA) is 76.2 Å². The summed E-state index contributed by atoms with van der Waals surface area (Å²) >= 11 is 0. The Hall–Kier alpha value is -2.69. The van der Waals surface area contributed by atoms with Crippen LogP contribution in [0.2, 0.25) is 0 Å². The minimum absolute atomic E-state index is 0.149. The summed E-state index contributed by atoms with van der Waals surface area (Å²) in [5.74, 6) is 0.126. The van der Waals surface area contributed by atoms with E-state index < -0.39 is 5.97 Å². The predicted octanol–water partition coefficient (Wildman–Crippen LogP) is 3.71. The van der Waals surface area contributed by atoms with Crippen molar-refractivity contribution in [3.8, 4) is 11.5 Å². The normalized spacial score (nSPS) is 11.2. The maximum Gasteiger partial charge on any atom is 0.336 e. The molecule has 5 heteroatoms. The van der Waals surface area contributed by atoms with Crippen molar-refractivity contribution in [2.75, 3.05) is 0 Å². The zero-order chi connectivity index (χ0) is 15.0. The number of aromatic carboxylic acids is 1. The lowest BCUT2D eigenvalue weighted by molar-refractivity contribution is 0.0699. The van der Waals surface area contributed by atoms with Crippen LogP contribution in [0.1, 0.15) is 35.9 Å². The molecule has 0 spiro atoms. The number of carboxylic acid groups (broad SMARTS) is 1. The van der Waals surface area contributed by atoms with Crippen molar-refractivity contribution < 1.29 is 14.4 Å². The second kappa shape index (κ2) is 5.01. The molecule has 21 heavy (non-hydrogen) atoms. The van der Waals surface area contributed by atoms with Gasteiger partial charge in [0, 0.05) is 16.9 Å². The van der Waals surface area contributed by atoms with Crippen LogP contribution in [0.3, 0.4) is 0 Å². The number of hydrogen-bond donors (Lipinski definition) is 1. The fourth-order valence-corrected chi connectivity index (χ4v) is 2.28. The predicted molar refractivity (Wildman–Crippen MR) is 78.3 cm³/mol. The number of carboxylic acids is 1. The van der Waals surface area contributed by atoms with Crippen LogP contribution in [0.15, 0.2) is 40.9 Å². The molecule has 0 saturated carbocycles. The van der Waals surface area contributed by atoms with Crippen molar-refractivity contribution in [3.63, 3.8) is 0 Å². The van der Waals surface area contributed by atoms with Crippen LogP contribution in [-0.4, -0.2) is 21.2 Å². The number of nitrogens with zero attached hydrogens (tertiary/aromatic N) is 2. The Kier molecular flexibility index (Phi) is 3.17. The van der Waals surface area contributed by atoms with Gasteiger partial charge in [0.2, 0.25) is 0 Å². The molecular weight excluding hydrogens is 268 g/mol. The lowest BCUT2D eigenvalue weighted by Gasteiger charge is -2.06. The van der Waals surface area contributed by atoms with Gasteiger partial charge in [-0.05, 0) is 17.5 Å². The van der Waals surface area contributed by atoms with E-state index in [-0.39, 0.29) is 11.5 Å². The van der Waals surface area contributed by atoms with E-state index in [4.69, 9.17) is 4.52 Å². The molecule has 3 aromatic rings. The summed E-state index contributed by atoms with van der Waals surface area (Å²) in [6.45, 7) is 3.95. The van der Waals surface area contributed by atoms with Crippen molar-refractivity contribution in [2.24, 2.45) is 0 Å². The Bertz CT molecular complexity index is 816. The van der Waals surface area contributed by atoms with Crippen LogP contribution in [0.4, 0.5) is 0 Å². The molecule has 0 fully saturated rings. The van der Waals surface area contributed by atoms with Gasteiger partial charge in [-0.3, -0.25) is 0 Å². The zero-order valence-corrected chi connectivity index (χ0v) is 11.7. The van der Waals surface area contributed by atoms with Crippen molar-refractivity contribution in [2.45, 2.75) is 19.8 Å². The summed E-state index contributed by atoms with van der Waals surface area (Å²) in [4.78, 5) is 15.8. The van der Waals surface area contributed by atoms with E-state index in [1.807, 2.05) is 32.0 Å². The fraction of sp³-hybridized carbons (Fsp3) is 0.188. The van der Waals surface area contributed by atoms with Crippen molar-refractivity contribution in [1.29, 1.82) is 0 Å². The minimum Gasteiger partial charge on any atom is -0.478 e. The number of aromatic nitrogens is 2. The largest absolute Gasteiger partial charge is 0.478 e. The molecule has 0 aliphatic rings. The summed E-state index contributed by atoms with van der Waals surface area (Å²) < 4.78 is 5.30. The first-order chi connectivity index (χ1) is 10.1. The Labute approximate surface area is 121 Å². The SMILES string of the molecule is CC(C)c1noc(-c2cccc3cccc(C(=O)O)c23)n1. The summed E-state index contributed by atoms with van der Waals surface area (Å²) in [5.41, 5.74) is 0.872. The van der Waals surface area contributed by atoms with E-state index in [9.17, 15) is 9.90 Å². The summed E-state index contributed by atoms with van der Waals surface area (Å²) in [6, 6.07) is 10.7. The fourth-order valence-electron chi connectivity index (χ4n) is 2.28. The van der Waals surface area contributed by atoms with Gasteiger partial charge >= 0.3 is 5.97 Å². The van der Waals surface area contributed by atoms with Crippen molar-refractivity contribution in [1.82, 2.24) is 10.1 Å². The molecule has 1 aromatic heterocycles. The van der Waals surface area contributed by atoms with Gasteiger partial charge in [0.15, 0.2) is 5.82 Å². The molecule has 0 atom stereocenters. The van der Waals surface area contributed by atoms with Crippen LogP contribution < -0.4 is 0 Å². The second-order valence-electron chi connectivity index (χ2n) is 5.13. The molecule has 0 aliphatic carbocycles. The molecule has 1 N–H and O–H groups in total. The van der Waals surface area contributed by atoms with Gasteiger partial charge in [0.05, 0.1) is 5.56 Å². The highest BCUT2D eigenvalue weighted by Crippen LogP contribution is 2.31. The number of carbonyl (C=O) groups is 1. The maximum absolute atomic E-state index is 11.4. The van der Waals surface area contributed by atoms with E-state index in [1.54, 1.807) is 18.2 Å². The lowest BCUT2D eigenvalue weighted by Crippen LogP contribution is -1.98. The Morgan fingerprint density at radius 3 is 2.52 bits per heavy atom. The minimum atomic E-state index is -0.975. The first-order valence-corrected chi connectivity index (χ1v) is 6.67. The molecule has 2 aromatic carbocycles. The van der Waals surface area contributed by atoms with Crippen LogP contribution in [0.25, 0.3) is 22.2 Å². The highest BCUT2D eigenvalue weighted by molar-refractivity contribution is 6.09. The van der Waals surface area contributed by atoms with Gasteiger partial charge in [0.25, 0.3) is 5.89 Å². The number of hydrogen-bond acceptors (Lipinski definition) is 4. The molecule has 0 unspecified atom stereocenters. The quantitative estimate of drug-likeness (QED) is 0.792. The van der Waals surface area contributed by atoms with Crippen LogP contribution in [0.5, 0.6) is 0 Å². The average molecular weight is 282 g/mol. The summed E-state index contributed by atoms with van der Waals surface area (Å²) in [5, 5.41) is 14.8. The van der Waals surface area contributed by atoms with Crippen LogP contribution >= 0.6 is 0 Å². The molecule has 106 valence electrons. The van der Waals surface area contributed by atoms with Gasteiger partial charge in [-0.15, -0.1) is 0 Å². The lowest BCUT2D eigenvalue weighted by atomic mass is 9.99. The molecular formula is C16H14N2O3. The first kappa shape index (κ1) is 13.3. The molecule has 5 nitrogen and oxygen atoms in total. The molecule has 0 saturated heterocycles.